The minimum absolute atomic E-state index is 0.0186. The summed E-state index contributed by atoms with van der Waals surface area (Å²) in [7, 11) is 0. The molecule has 59 heavy (non-hydrogen) atoms. The van der Waals surface area contributed by atoms with E-state index in [9.17, 15) is 19.8 Å². The molecule has 0 aromatic heterocycles. The van der Waals surface area contributed by atoms with Crippen molar-refractivity contribution < 1.29 is 24.5 Å². The van der Waals surface area contributed by atoms with E-state index >= 15 is 0 Å². The van der Waals surface area contributed by atoms with Gasteiger partial charge in [0.05, 0.1) is 25.4 Å². The van der Waals surface area contributed by atoms with Crippen molar-refractivity contribution in [1.29, 1.82) is 0 Å². The maximum atomic E-state index is 12.4. The van der Waals surface area contributed by atoms with E-state index in [0.29, 0.717) is 25.9 Å². The van der Waals surface area contributed by atoms with Crippen molar-refractivity contribution in [2.75, 3.05) is 13.2 Å². The fraction of sp³-hybridized carbons (Fsp3) is 0.925. The number of ether oxygens (including phenoxy) is 1. The molecule has 3 N–H and O–H groups in total. The van der Waals surface area contributed by atoms with Crippen molar-refractivity contribution in [1.82, 2.24) is 5.32 Å². The highest BCUT2D eigenvalue weighted by atomic mass is 16.5. The molecule has 0 bridgehead atoms. The van der Waals surface area contributed by atoms with Crippen molar-refractivity contribution in [3.05, 3.63) is 12.2 Å². The average Bonchev–Trinajstić information content (AvgIpc) is 3.24. The molecule has 0 aliphatic heterocycles. The average molecular weight is 834 g/mol. The van der Waals surface area contributed by atoms with Crippen molar-refractivity contribution >= 4 is 11.9 Å². The number of esters is 1. The van der Waals surface area contributed by atoms with Gasteiger partial charge in [-0.3, -0.25) is 9.59 Å². The van der Waals surface area contributed by atoms with Gasteiger partial charge in [0.15, 0.2) is 0 Å². The number of carbonyl (C=O) groups is 2. The molecule has 0 spiro atoms. The van der Waals surface area contributed by atoms with Crippen LogP contribution < -0.4 is 5.32 Å². The number of nitrogens with one attached hydrogen (secondary N) is 1. The second-order valence-corrected chi connectivity index (χ2v) is 18.2. The number of hydrogen-bond donors (Lipinski definition) is 3. The molecule has 1 amide bonds. The Morgan fingerprint density at radius 3 is 1.20 bits per heavy atom. The number of carbonyl (C=O) groups excluding carboxylic acids is 2. The Morgan fingerprint density at radius 1 is 0.458 bits per heavy atom. The van der Waals surface area contributed by atoms with Crippen LogP contribution in [0.4, 0.5) is 0 Å². The summed E-state index contributed by atoms with van der Waals surface area (Å²) >= 11 is 0. The van der Waals surface area contributed by atoms with Crippen LogP contribution in [-0.2, 0) is 14.3 Å². The lowest BCUT2D eigenvalue weighted by Crippen LogP contribution is -2.45. The Hall–Kier alpha value is -1.40. The molecule has 0 aliphatic carbocycles. The number of unbranched alkanes of at least 4 members (excludes halogenated alkanes) is 36. The first-order chi connectivity index (χ1) is 29.0. The van der Waals surface area contributed by atoms with Gasteiger partial charge in [0.2, 0.25) is 5.91 Å². The fourth-order valence-corrected chi connectivity index (χ4v) is 8.22. The minimum atomic E-state index is -0.678. The van der Waals surface area contributed by atoms with Gasteiger partial charge in [0, 0.05) is 12.8 Å². The number of allylic oxidation sites excluding steroid dienone is 2. The summed E-state index contributed by atoms with van der Waals surface area (Å²) in [5.74, 6) is -0.0785. The summed E-state index contributed by atoms with van der Waals surface area (Å²) in [6.45, 7) is 4.90. The van der Waals surface area contributed by atoms with E-state index in [1.807, 2.05) is 0 Å². The predicted octanol–water partition coefficient (Wildman–Crippen LogP) is 15.7. The Kier molecular flexibility index (Phi) is 48.1. The zero-order valence-electron chi connectivity index (χ0n) is 39.7. The molecule has 0 saturated carbocycles. The van der Waals surface area contributed by atoms with Gasteiger partial charge in [-0.25, -0.2) is 0 Å². The van der Waals surface area contributed by atoms with Gasteiger partial charge < -0.3 is 20.3 Å². The third-order valence-corrected chi connectivity index (χ3v) is 12.3. The standard InChI is InChI=1S/C53H103NO5/c1-3-5-7-9-11-13-15-17-18-19-20-22-27-31-35-39-43-47-53(58)59-48-44-40-36-32-28-24-23-26-30-34-38-42-46-52(57)54-50(49-55)51(56)45-41-37-33-29-25-21-16-14-12-10-8-6-4-2/h24,28,50-51,55-56H,3-23,25-27,29-49H2,1-2H3,(H,54,57)/b28-24-. The SMILES string of the molecule is CCCCCCCCCCCCCCCCCCCC(=O)OCCCCC/C=C\CCCCCCCC(=O)NC(CO)C(O)CCCCCCCCCCCCCCC. The van der Waals surface area contributed by atoms with Crippen LogP contribution in [0, 0.1) is 0 Å². The Labute approximate surface area is 368 Å². The van der Waals surface area contributed by atoms with Crippen molar-refractivity contribution in [3.63, 3.8) is 0 Å². The fourth-order valence-electron chi connectivity index (χ4n) is 8.22. The Morgan fingerprint density at radius 2 is 0.797 bits per heavy atom. The number of aliphatic hydroxyl groups is 2. The Bertz CT molecular complexity index is 878. The quantitative estimate of drug-likeness (QED) is 0.0322. The van der Waals surface area contributed by atoms with Crippen LogP contribution in [0.5, 0.6) is 0 Å². The molecule has 6 heteroatoms. The number of hydrogen-bond acceptors (Lipinski definition) is 5. The summed E-state index contributed by atoms with van der Waals surface area (Å²) in [6.07, 6.45) is 56.1. The molecule has 350 valence electrons. The monoisotopic (exact) mass is 834 g/mol. The summed E-state index contributed by atoms with van der Waals surface area (Å²) in [6, 6.07) is -0.558. The third-order valence-electron chi connectivity index (χ3n) is 12.3. The molecule has 0 aromatic carbocycles. The molecular weight excluding hydrogens is 731 g/mol. The van der Waals surface area contributed by atoms with Crippen LogP contribution in [0.15, 0.2) is 12.2 Å². The summed E-state index contributed by atoms with van der Waals surface area (Å²) < 4.78 is 5.46. The lowest BCUT2D eigenvalue weighted by atomic mass is 10.0. The number of amides is 1. The largest absolute Gasteiger partial charge is 0.466 e. The lowest BCUT2D eigenvalue weighted by Gasteiger charge is -2.22. The first-order valence-corrected chi connectivity index (χ1v) is 26.4. The minimum Gasteiger partial charge on any atom is -0.466 e. The topological polar surface area (TPSA) is 95.9 Å². The number of aliphatic hydroxyl groups excluding tert-OH is 2. The summed E-state index contributed by atoms with van der Waals surface area (Å²) in [4.78, 5) is 24.5. The molecular formula is C53H103NO5. The summed E-state index contributed by atoms with van der Waals surface area (Å²) in [5, 5.41) is 23.2. The van der Waals surface area contributed by atoms with Gasteiger partial charge >= 0.3 is 5.97 Å². The van der Waals surface area contributed by atoms with E-state index in [-0.39, 0.29) is 18.5 Å². The van der Waals surface area contributed by atoms with Gasteiger partial charge in [-0.2, -0.15) is 0 Å². The molecule has 0 rings (SSSR count). The highest BCUT2D eigenvalue weighted by Crippen LogP contribution is 2.17. The highest BCUT2D eigenvalue weighted by Gasteiger charge is 2.20. The second kappa shape index (κ2) is 49.3. The maximum Gasteiger partial charge on any atom is 0.305 e. The van der Waals surface area contributed by atoms with Crippen molar-refractivity contribution in [2.24, 2.45) is 0 Å². The summed E-state index contributed by atoms with van der Waals surface area (Å²) in [5.41, 5.74) is 0. The van der Waals surface area contributed by atoms with E-state index < -0.39 is 12.1 Å². The normalized spacial score (nSPS) is 12.7. The van der Waals surface area contributed by atoms with E-state index in [2.05, 4.69) is 31.3 Å². The van der Waals surface area contributed by atoms with Crippen LogP contribution in [0.25, 0.3) is 0 Å². The van der Waals surface area contributed by atoms with Gasteiger partial charge in [-0.15, -0.1) is 0 Å². The first-order valence-electron chi connectivity index (χ1n) is 26.4. The van der Waals surface area contributed by atoms with E-state index in [1.54, 1.807) is 0 Å². The van der Waals surface area contributed by atoms with Gasteiger partial charge in [0.25, 0.3) is 0 Å². The third kappa shape index (κ3) is 45.9. The zero-order valence-corrected chi connectivity index (χ0v) is 39.7. The van der Waals surface area contributed by atoms with Crippen molar-refractivity contribution in [2.45, 2.75) is 302 Å². The molecule has 0 heterocycles. The highest BCUT2D eigenvalue weighted by molar-refractivity contribution is 5.76. The first kappa shape index (κ1) is 57.6. The van der Waals surface area contributed by atoms with Gasteiger partial charge in [0.1, 0.15) is 0 Å². The molecule has 2 unspecified atom stereocenters. The van der Waals surface area contributed by atoms with Crippen LogP contribution >= 0.6 is 0 Å². The smallest absolute Gasteiger partial charge is 0.305 e. The lowest BCUT2D eigenvalue weighted by molar-refractivity contribution is -0.143. The molecule has 2 atom stereocenters. The molecule has 0 saturated heterocycles. The van der Waals surface area contributed by atoms with Gasteiger partial charge in [-0.1, -0.05) is 231 Å². The van der Waals surface area contributed by atoms with Crippen LogP contribution in [0.3, 0.4) is 0 Å². The molecule has 6 nitrogen and oxygen atoms in total. The van der Waals surface area contributed by atoms with Crippen LogP contribution in [0.1, 0.15) is 290 Å². The molecule has 0 radical (unpaired) electrons. The molecule has 0 fully saturated rings. The predicted molar refractivity (Wildman–Crippen MR) is 255 cm³/mol. The maximum absolute atomic E-state index is 12.4. The van der Waals surface area contributed by atoms with Gasteiger partial charge in [-0.05, 0) is 57.8 Å². The van der Waals surface area contributed by atoms with Crippen LogP contribution in [-0.4, -0.2) is 47.4 Å². The molecule has 0 aliphatic rings. The van der Waals surface area contributed by atoms with Crippen LogP contribution in [0.2, 0.25) is 0 Å². The van der Waals surface area contributed by atoms with E-state index in [1.165, 1.54) is 180 Å². The van der Waals surface area contributed by atoms with E-state index in [0.717, 1.165) is 77.0 Å². The van der Waals surface area contributed by atoms with Crippen molar-refractivity contribution in [3.8, 4) is 0 Å². The number of rotatable bonds is 49. The Balaban J connectivity index is 3.47. The van der Waals surface area contributed by atoms with E-state index in [4.69, 9.17) is 4.74 Å². The zero-order chi connectivity index (χ0) is 43.0. The second-order valence-electron chi connectivity index (χ2n) is 18.2. The molecule has 0 aromatic rings.